The lowest BCUT2D eigenvalue weighted by atomic mass is 10.0. The standard InChI is InChI=1S/C17H14O3/c1-11-3-7-13(8-4-11)15-16(20-17(18)19-15)14-9-5-12(2)6-10-14/h3-10H,1-2H3. The van der Waals surface area contributed by atoms with E-state index >= 15 is 0 Å². The van der Waals surface area contributed by atoms with Crippen LogP contribution in [-0.2, 0) is 0 Å². The lowest BCUT2D eigenvalue weighted by Crippen LogP contribution is -1.85. The first-order chi connectivity index (χ1) is 9.63. The number of rotatable bonds is 2. The molecule has 0 saturated heterocycles. The highest BCUT2D eigenvalue weighted by molar-refractivity contribution is 5.75. The van der Waals surface area contributed by atoms with E-state index in [1.807, 2.05) is 62.4 Å². The molecule has 0 bridgehead atoms. The van der Waals surface area contributed by atoms with Crippen LogP contribution in [0.5, 0.6) is 0 Å². The van der Waals surface area contributed by atoms with Gasteiger partial charge in [-0.3, -0.25) is 0 Å². The third kappa shape index (κ3) is 2.30. The molecule has 1 heterocycles. The summed E-state index contributed by atoms with van der Waals surface area (Å²) in [6.45, 7) is 4.02. The molecule has 3 nitrogen and oxygen atoms in total. The summed E-state index contributed by atoms with van der Waals surface area (Å²) in [7, 11) is 0. The fourth-order valence-corrected chi connectivity index (χ4v) is 2.07. The van der Waals surface area contributed by atoms with Gasteiger partial charge in [-0.1, -0.05) is 59.7 Å². The highest BCUT2D eigenvalue weighted by Crippen LogP contribution is 2.31. The van der Waals surface area contributed by atoms with Gasteiger partial charge in [-0.15, -0.1) is 0 Å². The van der Waals surface area contributed by atoms with Gasteiger partial charge >= 0.3 is 5.82 Å². The molecule has 0 unspecified atom stereocenters. The molecule has 100 valence electrons. The molecule has 0 N–H and O–H groups in total. The molecule has 3 rings (SSSR count). The molecule has 0 fully saturated rings. The van der Waals surface area contributed by atoms with E-state index < -0.39 is 5.82 Å². The van der Waals surface area contributed by atoms with Gasteiger partial charge in [0.05, 0.1) is 0 Å². The van der Waals surface area contributed by atoms with Crippen molar-refractivity contribution >= 4 is 0 Å². The van der Waals surface area contributed by atoms with Crippen molar-refractivity contribution in [2.45, 2.75) is 13.8 Å². The fourth-order valence-electron chi connectivity index (χ4n) is 2.07. The van der Waals surface area contributed by atoms with Crippen molar-refractivity contribution in [3.05, 3.63) is 70.3 Å². The summed E-state index contributed by atoms with van der Waals surface area (Å²) in [6, 6.07) is 15.6. The summed E-state index contributed by atoms with van der Waals surface area (Å²) >= 11 is 0. The lowest BCUT2D eigenvalue weighted by Gasteiger charge is -2.01. The Morgan fingerprint density at radius 1 is 0.650 bits per heavy atom. The average Bonchev–Trinajstić information content (AvgIpc) is 2.82. The SMILES string of the molecule is Cc1ccc(-c2oc(=O)oc2-c2ccc(C)cc2)cc1. The Labute approximate surface area is 116 Å². The molecule has 0 saturated carbocycles. The van der Waals surface area contributed by atoms with Crippen LogP contribution in [0.15, 0.2) is 62.2 Å². The normalized spacial score (nSPS) is 10.7. The summed E-state index contributed by atoms with van der Waals surface area (Å²) in [6.07, 6.45) is 0. The van der Waals surface area contributed by atoms with Gasteiger partial charge in [-0.25, -0.2) is 4.79 Å². The van der Waals surface area contributed by atoms with Crippen molar-refractivity contribution in [2.24, 2.45) is 0 Å². The minimum Gasteiger partial charge on any atom is -0.390 e. The predicted molar refractivity (Wildman–Crippen MR) is 77.6 cm³/mol. The van der Waals surface area contributed by atoms with Gasteiger partial charge in [0.15, 0.2) is 11.5 Å². The van der Waals surface area contributed by atoms with Gasteiger partial charge in [0.1, 0.15) is 0 Å². The second kappa shape index (κ2) is 4.85. The average molecular weight is 266 g/mol. The van der Waals surface area contributed by atoms with Crippen LogP contribution in [-0.4, -0.2) is 0 Å². The molecular formula is C17H14O3. The third-order valence-electron chi connectivity index (χ3n) is 3.20. The molecule has 0 atom stereocenters. The van der Waals surface area contributed by atoms with Gasteiger partial charge in [-0.2, -0.15) is 0 Å². The Bertz CT molecular complexity index is 708. The van der Waals surface area contributed by atoms with Gasteiger partial charge in [-0.05, 0) is 13.8 Å². The van der Waals surface area contributed by atoms with Gasteiger partial charge < -0.3 is 8.83 Å². The Morgan fingerprint density at radius 3 is 1.35 bits per heavy atom. The molecule has 0 aliphatic rings. The van der Waals surface area contributed by atoms with E-state index in [9.17, 15) is 4.79 Å². The zero-order valence-corrected chi connectivity index (χ0v) is 11.3. The Morgan fingerprint density at radius 2 is 1.00 bits per heavy atom. The van der Waals surface area contributed by atoms with E-state index in [1.54, 1.807) is 0 Å². The molecule has 1 aromatic heterocycles. The molecule has 0 spiro atoms. The molecule has 0 amide bonds. The smallest absolute Gasteiger partial charge is 0.390 e. The van der Waals surface area contributed by atoms with Crippen molar-refractivity contribution in [1.82, 2.24) is 0 Å². The van der Waals surface area contributed by atoms with E-state index in [4.69, 9.17) is 8.83 Å². The Kier molecular flexibility index (Phi) is 3.03. The largest absolute Gasteiger partial charge is 0.519 e. The minimum atomic E-state index is -0.684. The highest BCUT2D eigenvalue weighted by atomic mass is 16.6. The molecule has 0 aliphatic heterocycles. The predicted octanol–water partition coefficient (Wildman–Crippen LogP) is 4.18. The number of hydrogen-bond acceptors (Lipinski definition) is 3. The molecule has 2 aromatic carbocycles. The van der Waals surface area contributed by atoms with Crippen LogP contribution >= 0.6 is 0 Å². The molecule has 0 aliphatic carbocycles. The van der Waals surface area contributed by atoms with Gasteiger partial charge in [0.2, 0.25) is 0 Å². The second-order valence-electron chi connectivity index (χ2n) is 4.84. The maximum absolute atomic E-state index is 11.5. The summed E-state index contributed by atoms with van der Waals surface area (Å²) in [4.78, 5) is 11.5. The zero-order valence-electron chi connectivity index (χ0n) is 11.3. The van der Waals surface area contributed by atoms with Crippen LogP contribution in [0.4, 0.5) is 0 Å². The number of aryl methyl sites for hydroxylation is 2. The highest BCUT2D eigenvalue weighted by Gasteiger charge is 2.16. The van der Waals surface area contributed by atoms with Crippen LogP contribution in [0.1, 0.15) is 11.1 Å². The van der Waals surface area contributed by atoms with Crippen molar-refractivity contribution < 1.29 is 8.83 Å². The quantitative estimate of drug-likeness (QED) is 0.698. The maximum atomic E-state index is 11.5. The summed E-state index contributed by atoms with van der Waals surface area (Å²) in [5.74, 6) is 0.258. The van der Waals surface area contributed by atoms with E-state index in [1.165, 1.54) is 0 Å². The third-order valence-corrected chi connectivity index (χ3v) is 3.20. The molecular weight excluding hydrogens is 252 g/mol. The van der Waals surface area contributed by atoms with Gasteiger partial charge in [0, 0.05) is 11.1 Å². The minimum absolute atomic E-state index is 0.471. The van der Waals surface area contributed by atoms with Crippen molar-refractivity contribution in [1.29, 1.82) is 0 Å². The summed E-state index contributed by atoms with van der Waals surface area (Å²) < 4.78 is 10.4. The summed E-state index contributed by atoms with van der Waals surface area (Å²) in [5.41, 5.74) is 3.96. The van der Waals surface area contributed by atoms with Crippen molar-refractivity contribution in [3.63, 3.8) is 0 Å². The monoisotopic (exact) mass is 266 g/mol. The Hall–Kier alpha value is -2.55. The lowest BCUT2D eigenvalue weighted by molar-refractivity contribution is 0.393. The Balaban J connectivity index is 2.15. The summed E-state index contributed by atoms with van der Waals surface area (Å²) in [5, 5.41) is 0. The first-order valence-corrected chi connectivity index (χ1v) is 6.41. The second-order valence-corrected chi connectivity index (χ2v) is 4.84. The first kappa shape index (κ1) is 12.5. The maximum Gasteiger partial charge on any atom is 0.519 e. The molecule has 20 heavy (non-hydrogen) atoms. The van der Waals surface area contributed by atoms with Crippen LogP contribution in [0, 0.1) is 13.8 Å². The number of benzene rings is 2. The van der Waals surface area contributed by atoms with Crippen LogP contribution in [0.3, 0.4) is 0 Å². The fraction of sp³-hybridized carbons (Fsp3) is 0.118. The van der Waals surface area contributed by atoms with E-state index in [0.717, 1.165) is 22.3 Å². The van der Waals surface area contributed by atoms with Crippen LogP contribution < -0.4 is 5.82 Å². The van der Waals surface area contributed by atoms with Crippen LogP contribution in [0.25, 0.3) is 22.6 Å². The van der Waals surface area contributed by atoms with Gasteiger partial charge in [0.25, 0.3) is 0 Å². The first-order valence-electron chi connectivity index (χ1n) is 6.41. The van der Waals surface area contributed by atoms with Crippen molar-refractivity contribution in [3.8, 4) is 22.6 Å². The van der Waals surface area contributed by atoms with Crippen LogP contribution in [0.2, 0.25) is 0 Å². The topological polar surface area (TPSA) is 43.4 Å². The van der Waals surface area contributed by atoms with E-state index in [2.05, 4.69) is 0 Å². The van der Waals surface area contributed by atoms with E-state index in [0.29, 0.717) is 11.5 Å². The van der Waals surface area contributed by atoms with E-state index in [-0.39, 0.29) is 0 Å². The van der Waals surface area contributed by atoms with Crippen molar-refractivity contribution in [2.75, 3.05) is 0 Å². The molecule has 0 radical (unpaired) electrons. The zero-order chi connectivity index (χ0) is 14.1. The number of hydrogen-bond donors (Lipinski definition) is 0. The molecule has 3 aromatic rings. The molecule has 3 heteroatoms.